The minimum Gasteiger partial charge on any atom is -0.394 e. The van der Waals surface area contributed by atoms with Crippen LogP contribution in [-0.4, -0.2) is 87.5 Å². The number of ether oxygens (including phenoxy) is 2. The Kier molecular flexibility index (Phi) is 32.5. The molecule has 0 bridgehead atoms. The molecule has 9 heteroatoms. The van der Waals surface area contributed by atoms with Crippen molar-refractivity contribution in [2.24, 2.45) is 0 Å². The molecule has 0 spiro atoms. The van der Waals surface area contributed by atoms with E-state index in [0.717, 1.165) is 32.1 Å². The lowest BCUT2D eigenvalue weighted by atomic mass is 9.99. The average molecular weight is 752 g/mol. The first-order valence-electron chi connectivity index (χ1n) is 21.7. The smallest absolute Gasteiger partial charge is 0.220 e. The first kappa shape index (κ1) is 49.4. The van der Waals surface area contributed by atoms with E-state index in [1.54, 1.807) is 6.08 Å². The van der Waals surface area contributed by atoms with Crippen LogP contribution in [0.15, 0.2) is 36.5 Å². The van der Waals surface area contributed by atoms with Gasteiger partial charge in [0.25, 0.3) is 0 Å². The third kappa shape index (κ3) is 26.0. The van der Waals surface area contributed by atoms with Crippen molar-refractivity contribution in [1.29, 1.82) is 0 Å². The van der Waals surface area contributed by atoms with E-state index in [0.29, 0.717) is 6.42 Å². The molecule has 1 heterocycles. The van der Waals surface area contributed by atoms with Gasteiger partial charge in [-0.1, -0.05) is 159 Å². The van der Waals surface area contributed by atoms with Gasteiger partial charge in [-0.3, -0.25) is 4.79 Å². The van der Waals surface area contributed by atoms with Crippen LogP contribution in [0.1, 0.15) is 181 Å². The van der Waals surface area contributed by atoms with Crippen LogP contribution in [0.4, 0.5) is 0 Å². The fraction of sp³-hybridized carbons (Fsp3) is 0.841. The van der Waals surface area contributed by atoms with Crippen LogP contribution in [0.3, 0.4) is 0 Å². The number of hydrogen-bond acceptors (Lipinski definition) is 8. The van der Waals surface area contributed by atoms with Gasteiger partial charge in [0.1, 0.15) is 24.4 Å². The zero-order valence-electron chi connectivity index (χ0n) is 33.8. The minimum absolute atomic E-state index is 0.212. The van der Waals surface area contributed by atoms with Crippen molar-refractivity contribution < 1.29 is 39.8 Å². The molecule has 0 radical (unpaired) electrons. The first-order valence-corrected chi connectivity index (χ1v) is 21.7. The summed E-state index contributed by atoms with van der Waals surface area (Å²) >= 11 is 0. The van der Waals surface area contributed by atoms with Crippen LogP contribution in [0.2, 0.25) is 0 Å². The summed E-state index contributed by atoms with van der Waals surface area (Å²) in [5.74, 6) is -0.224. The van der Waals surface area contributed by atoms with Crippen molar-refractivity contribution in [3.8, 4) is 0 Å². The van der Waals surface area contributed by atoms with E-state index >= 15 is 0 Å². The van der Waals surface area contributed by atoms with Gasteiger partial charge in [0, 0.05) is 6.42 Å². The molecule has 53 heavy (non-hydrogen) atoms. The van der Waals surface area contributed by atoms with E-state index in [-0.39, 0.29) is 18.9 Å². The van der Waals surface area contributed by atoms with E-state index < -0.39 is 49.5 Å². The maximum atomic E-state index is 12.8. The molecule has 7 atom stereocenters. The molecule has 1 amide bonds. The van der Waals surface area contributed by atoms with Crippen LogP contribution >= 0.6 is 0 Å². The van der Waals surface area contributed by atoms with Gasteiger partial charge in [-0.25, -0.2) is 0 Å². The van der Waals surface area contributed by atoms with Crippen LogP contribution in [0.5, 0.6) is 0 Å². The molecule has 9 nitrogen and oxygen atoms in total. The van der Waals surface area contributed by atoms with Crippen molar-refractivity contribution in [1.82, 2.24) is 5.32 Å². The normalized spacial score (nSPS) is 22.0. The van der Waals surface area contributed by atoms with Crippen LogP contribution < -0.4 is 5.32 Å². The largest absolute Gasteiger partial charge is 0.394 e. The molecule has 0 aromatic carbocycles. The highest BCUT2D eigenvalue weighted by molar-refractivity contribution is 5.76. The summed E-state index contributed by atoms with van der Waals surface area (Å²) in [6.07, 6.45) is 35.0. The number of rotatable bonds is 35. The van der Waals surface area contributed by atoms with Crippen LogP contribution in [0, 0.1) is 0 Å². The van der Waals surface area contributed by atoms with Crippen LogP contribution in [0.25, 0.3) is 0 Å². The topological polar surface area (TPSA) is 149 Å². The SMILES string of the molecule is CCCCCC/C=C\CCCC(=O)NC(COC1OC(CO)C(O)C(O)C1O)C(O)/C=C/CC/C=C/CCCCCCCCCCCCCCCCC. The number of unbranched alkanes of at least 4 members (excludes halogenated alkanes) is 21. The van der Waals surface area contributed by atoms with E-state index in [4.69, 9.17) is 9.47 Å². The molecule has 7 unspecified atom stereocenters. The number of carbonyl (C=O) groups is 1. The zero-order valence-corrected chi connectivity index (χ0v) is 33.8. The standard InChI is InChI=1S/C44H81NO8/c1-3-5-7-9-11-13-14-15-16-17-18-19-20-21-22-23-24-26-27-29-31-33-38(47)37(36-52-44-43(51)42(50)41(49)39(35-46)53-44)45-40(48)34-32-30-28-25-12-10-8-6-4-2/h24-26,28,31,33,37-39,41-44,46-47,49-51H,3-23,27,29-30,32,34-36H2,1-2H3,(H,45,48)/b26-24+,28-25-,33-31+. The van der Waals surface area contributed by atoms with Gasteiger partial charge in [-0.15, -0.1) is 0 Å². The second kappa shape index (κ2) is 34.9. The quantitative estimate of drug-likeness (QED) is 0.0279. The van der Waals surface area contributed by atoms with Crippen molar-refractivity contribution in [2.45, 2.75) is 224 Å². The minimum atomic E-state index is -1.57. The first-order chi connectivity index (χ1) is 25.8. The number of allylic oxidation sites excluding steroid dienone is 5. The molecule has 1 aliphatic rings. The summed E-state index contributed by atoms with van der Waals surface area (Å²) in [6, 6.07) is -0.833. The Morgan fingerprint density at radius 1 is 0.623 bits per heavy atom. The summed E-state index contributed by atoms with van der Waals surface area (Å²) in [6.45, 7) is 3.69. The monoisotopic (exact) mass is 752 g/mol. The Hall–Kier alpha value is -1.59. The summed E-state index contributed by atoms with van der Waals surface area (Å²) in [4.78, 5) is 12.8. The fourth-order valence-corrected chi connectivity index (χ4v) is 6.64. The summed E-state index contributed by atoms with van der Waals surface area (Å²) < 4.78 is 11.1. The molecule has 6 N–H and O–H groups in total. The number of nitrogens with one attached hydrogen (secondary N) is 1. The Morgan fingerprint density at radius 3 is 1.60 bits per heavy atom. The molecule has 0 aliphatic carbocycles. The zero-order chi connectivity index (χ0) is 38.8. The second-order valence-corrected chi connectivity index (χ2v) is 15.1. The molecule has 1 saturated heterocycles. The van der Waals surface area contributed by atoms with Gasteiger partial charge in [-0.2, -0.15) is 0 Å². The lowest BCUT2D eigenvalue weighted by molar-refractivity contribution is -0.302. The molecular formula is C44H81NO8. The molecular weight excluding hydrogens is 670 g/mol. The Morgan fingerprint density at radius 2 is 1.08 bits per heavy atom. The molecule has 1 aliphatic heterocycles. The lowest BCUT2D eigenvalue weighted by Crippen LogP contribution is -2.60. The highest BCUT2D eigenvalue weighted by Gasteiger charge is 2.44. The maximum Gasteiger partial charge on any atom is 0.220 e. The van der Waals surface area contributed by atoms with Gasteiger partial charge >= 0.3 is 0 Å². The predicted octanol–water partition coefficient (Wildman–Crippen LogP) is 8.50. The van der Waals surface area contributed by atoms with Gasteiger partial charge in [0.15, 0.2) is 6.29 Å². The van der Waals surface area contributed by atoms with Crippen molar-refractivity contribution in [3.05, 3.63) is 36.5 Å². The van der Waals surface area contributed by atoms with Gasteiger partial charge in [0.05, 0.1) is 25.4 Å². The number of hydrogen-bond donors (Lipinski definition) is 6. The summed E-state index contributed by atoms with van der Waals surface area (Å²) in [5.41, 5.74) is 0. The van der Waals surface area contributed by atoms with Gasteiger partial charge in [-0.05, 0) is 51.4 Å². The molecule has 0 aromatic heterocycles. The summed E-state index contributed by atoms with van der Waals surface area (Å²) in [7, 11) is 0. The predicted molar refractivity (Wildman–Crippen MR) is 216 cm³/mol. The highest BCUT2D eigenvalue weighted by Crippen LogP contribution is 2.22. The Labute approximate surface area is 323 Å². The van der Waals surface area contributed by atoms with E-state index in [1.807, 2.05) is 6.08 Å². The fourth-order valence-electron chi connectivity index (χ4n) is 6.64. The number of carbonyl (C=O) groups excluding carboxylic acids is 1. The van der Waals surface area contributed by atoms with Crippen molar-refractivity contribution >= 4 is 5.91 Å². The van der Waals surface area contributed by atoms with Gasteiger partial charge in [0.2, 0.25) is 5.91 Å². The second-order valence-electron chi connectivity index (χ2n) is 15.1. The van der Waals surface area contributed by atoms with E-state index in [9.17, 15) is 30.3 Å². The molecule has 0 saturated carbocycles. The lowest BCUT2D eigenvalue weighted by Gasteiger charge is -2.40. The van der Waals surface area contributed by atoms with Crippen molar-refractivity contribution in [3.63, 3.8) is 0 Å². The summed E-state index contributed by atoms with van der Waals surface area (Å²) in [5, 5.41) is 53.9. The molecule has 1 rings (SSSR count). The Balaban J connectivity index is 2.37. The number of amides is 1. The highest BCUT2D eigenvalue weighted by atomic mass is 16.7. The van der Waals surface area contributed by atoms with Gasteiger partial charge < -0.3 is 40.3 Å². The van der Waals surface area contributed by atoms with E-state index in [1.165, 1.54) is 122 Å². The maximum absolute atomic E-state index is 12.8. The average Bonchev–Trinajstić information content (AvgIpc) is 3.16. The third-order valence-electron chi connectivity index (χ3n) is 10.2. The number of aliphatic hydroxyl groups is 5. The molecule has 310 valence electrons. The van der Waals surface area contributed by atoms with Crippen LogP contribution in [-0.2, 0) is 14.3 Å². The molecule has 0 aromatic rings. The van der Waals surface area contributed by atoms with E-state index in [2.05, 4.69) is 43.5 Å². The Bertz CT molecular complexity index is 925. The third-order valence-corrected chi connectivity index (χ3v) is 10.2. The molecule has 1 fully saturated rings. The number of aliphatic hydroxyl groups excluding tert-OH is 5. The van der Waals surface area contributed by atoms with Crippen molar-refractivity contribution in [2.75, 3.05) is 13.2 Å².